The molecule has 1 aliphatic rings. The van der Waals surface area contributed by atoms with Gasteiger partial charge in [-0.25, -0.2) is 0 Å². The number of hydrogen-bond donors (Lipinski definition) is 3. The van der Waals surface area contributed by atoms with E-state index in [1.165, 1.54) is 0 Å². The third-order valence-corrected chi connectivity index (χ3v) is 4.82. The number of rotatable bonds is 3. The van der Waals surface area contributed by atoms with E-state index in [9.17, 15) is 9.90 Å². The number of carbonyl (C=O) groups excluding carboxylic acids is 1. The number of amides is 1. The number of halogens is 2. The molecule has 7 heteroatoms. The molecule has 5 nitrogen and oxygen atoms in total. The lowest BCUT2D eigenvalue weighted by Gasteiger charge is -2.14. The van der Waals surface area contributed by atoms with E-state index in [0.717, 1.165) is 16.6 Å². The SMILES string of the molecule is C[C@H](O)COc1cc(Cl)c(Cl)c2[nH]c3c(c12)[C@@H](C)C(=O)NCC3. The third kappa shape index (κ3) is 2.89. The molecule has 0 spiro atoms. The van der Waals surface area contributed by atoms with Gasteiger partial charge in [-0.3, -0.25) is 4.79 Å². The Labute approximate surface area is 143 Å². The Hall–Kier alpha value is -1.43. The molecule has 23 heavy (non-hydrogen) atoms. The van der Waals surface area contributed by atoms with Gasteiger partial charge in [0, 0.05) is 30.1 Å². The molecule has 2 heterocycles. The van der Waals surface area contributed by atoms with Crippen molar-refractivity contribution >= 4 is 40.0 Å². The van der Waals surface area contributed by atoms with Crippen LogP contribution in [0.4, 0.5) is 0 Å². The molecule has 0 aliphatic carbocycles. The van der Waals surface area contributed by atoms with E-state index in [0.29, 0.717) is 34.3 Å². The Morgan fingerprint density at radius 1 is 1.48 bits per heavy atom. The molecule has 1 aromatic carbocycles. The van der Waals surface area contributed by atoms with Crippen LogP contribution >= 0.6 is 23.2 Å². The number of ether oxygens (including phenoxy) is 1. The van der Waals surface area contributed by atoms with Crippen LogP contribution in [0.3, 0.4) is 0 Å². The smallest absolute Gasteiger partial charge is 0.227 e. The summed E-state index contributed by atoms with van der Waals surface area (Å²) in [5.41, 5.74) is 2.51. The number of H-pyrrole nitrogens is 1. The van der Waals surface area contributed by atoms with Crippen molar-refractivity contribution in [2.45, 2.75) is 32.3 Å². The van der Waals surface area contributed by atoms with Crippen molar-refractivity contribution in [2.24, 2.45) is 0 Å². The minimum absolute atomic E-state index is 0.0304. The maximum Gasteiger partial charge on any atom is 0.227 e. The first-order chi connectivity index (χ1) is 10.9. The van der Waals surface area contributed by atoms with Gasteiger partial charge in [0.25, 0.3) is 0 Å². The summed E-state index contributed by atoms with van der Waals surface area (Å²) in [4.78, 5) is 15.5. The summed E-state index contributed by atoms with van der Waals surface area (Å²) in [5, 5.41) is 13.9. The van der Waals surface area contributed by atoms with Gasteiger partial charge in [0.2, 0.25) is 5.91 Å². The second-order valence-electron chi connectivity index (χ2n) is 5.86. The molecule has 1 aromatic heterocycles. The molecule has 0 bridgehead atoms. The number of benzene rings is 1. The summed E-state index contributed by atoms with van der Waals surface area (Å²) < 4.78 is 5.72. The summed E-state index contributed by atoms with van der Waals surface area (Å²) in [5.74, 6) is 0.166. The first kappa shape index (κ1) is 16.4. The van der Waals surface area contributed by atoms with Crippen molar-refractivity contribution in [3.05, 3.63) is 27.4 Å². The van der Waals surface area contributed by atoms with Crippen molar-refractivity contribution in [1.82, 2.24) is 10.3 Å². The maximum atomic E-state index is 12.2. The van der Waals surface area contributed by atoms with E-state index in [4.69, 9.17) is 27.9 Å². The third-order valence-electron chi connectivity index (χ3n) is 4.03. The van der Waals surface area contributed by atoms with Gasteiger partial charge in [-0.05, 0) is 19.4 Å². The maximum absolute atomic E-state index is 12.2. The number of aromatic nitrogens is 1. The largest absolute Gasteiger partial charge is 0.490 e. The second-order valence-corrected chi connectivity index (χ2v) is 6.65. The molecule has 124 valence electrons. The van der Waals surface area contributed by atoms with Gasteiger partial charge in [0.05, 0.1) is 27.6 Å². The van der Waals surface area contributed by atoms with Gasteiger partial charge in [-0.15, -0.1) is 0 Å². The lowest BCUT2D eigenvalue weighted by Crippen LogP contribution is -2.26. The normalized spacial score (nSPS) is 19.2. The van der Waals surface area contributed by atoms with Crippen molar-refractivity contribution in [3.8, 4) is 5.75 Å². The minimum Gasteiger partial charge on any atom is -0.490 e. The highest BCUT2D eigenvalue weighted by atomic mass is 35.5. The van der Waals surface area contributed by atoms with Crippen LogP contribution in [0.1, 0.15) is 31.0 Å². The van der Waals surface area contributed by atoms with Crippen LogP contribution in [0.5, 0.6) is 5.75 Å². The van der Waals surface area contributed by atoms with Crippen molar-refractivity contribution in [1.29, 1.82) is 0 Å². The average Bonchev–Trinajstić information content (AvgIpc) is 2.82. The Morgan fingerprint density at radius 3 is 2.91 bits per heavy atom. The first-order valence-corrected chi connectivity index (χ1v) is 8.26. The van der Waals surface area contributed by atoms with Crippen molar-refractivity contribution < 1.29 is 14.6 Å². The quantitative estimate of drug-likeness (QED) is 0.791. The standard InChI is InChI=1S/C16H18Cl2N2O3/c1-7(21)6-23-11-5-9(17)14(18)15-13(11)12-8(2)16(22)19-4-3-10(12)20-15/h5,7-8,20-21H,3-4,6H2,1-2H3,(H,19,22)/t7-,8+/m0/s1. The van der Waals surface area contributed by atoms with Crippen molar-refractivity contribution in [2.75, 3.05) is 13.2 Å². The Balaban J connectivity index is 2.25. The zero-order valence-electron chi connectivity index (χ0n) is 12.9. The summed E-state index contributed by atoms with van der Waals surface area (Å²) >= 11 is 12.5. The van der Waals surface area contributed by atoms with Crippen LogP contribution in [-0.2, 0) is 11.2 Å². The van der Waals surface area contributed by atoms with Gasteiger partial charge < -0.3 is 20.1 Å². The highest BCUT2D eigenvalue weighted by Crippen LogP contribution is 2.43. The molecule has 0 radical (unpaired) electrons. The van der Waals surface area contributed by atoms with E-state index >= 15 is 0 Å². The van der Waals surface area contributed by atoms with Crippen LogP contribution in [0, 0.1) is 0 Å². The highest BCUT2D eigenvalue weighted by molar-refractivity contribution is 6.45. The number of carbonyl (C=O) groups is 1. The lowest BCUT2D eigenvalue weighted by atomic mass is 9.96. The number of fused-ring (bicyclic) bond motifs is 3. The minimum atomic E-state index is -0.613. The number of hydrogen-bond acceptors (Lipinski definition) is 3. The highest BCUT2D eigenvalue weighted by Gasteiger charge is 2.29. The second kappa shape index (κ2) is 6.23. The van der Waals surface area contributed by atoms with E-state index < -0.39 is 6.10 Å². The molecule has 0 unspecified atom stereocenters. The first-order valence-electron chi connectivity index (χ1n) is 7.51. The zero-order valence-corrected chi connectivity index (χ0v) is 14.4. The van der Waals surface area contributed by atoms with Crippen LogP contribution in [0.2, 0.25) is 10.0 Å². The number of nitrogens with one attached hydrogen (secondary N) is 2. The van der Waals surface area contributed by atoms with Crippen LogP contribution < -0.4 is 10.1 Å². The van der Waals surface area contributed by atoms with E-state index in [1.807, 2.05) is 6.92 Å². The predicted molar refractivity (Wildman–Crippen MR) is 90.6 cm³/mol. The molecular formula is C16H18Cl2N2O3. The molecule has 0 fully saturated rings. The molecule has 2 aromatic rings. The summed E-state index contributed by atoms with van der Waals surface area (Å²) in [6.45, 7) is 4.20. The van der Waals surface area contributed by atoms with Gasteiger partial charge in [0.15, 0.2) is 0 Å². The summed E-state index contributed by atoms with van der Waals surface area (Å²) in [7, 11) is 0. The average molecular weight is 357 g/mol. The molecule has 1 aliphatic heterocycles. The van der Waals surface area contributed by atoms with Gasteiger partial charge in [0.1, 0.15) is 12.4 Å². The Bertz CT molecular complexity index is 771. The van der Waals surface area contributed by atoms with Gasteiger partial charge in [-0.2, -0.15) is 0 Å². The van der Waals surface area contributed by atoms with Gasteiger partial charge in [-0.1, -0.05) is 23.2 Å². The predicted octanol–water partition coefficient (Wildman–Crippen LogP) is 3.01. The van der Waals surface area contributed by atoms with Crippen LogP contribution in [-0.4, -0.2) is 35.3 Å². The molecule has 3 N–H and O–H groups in total. The Morgan fingerprint density at radius 2 is 2.22 bits per heavy atom. The number of aromatic amines is 1. The van der Waals surface area contributed by atoms with E-state index in [-0.39, 0.29) is 18.4 Å². The van der Waals surface area contributed by atoms with Crippen LogP contribution in [0.15, 0.2) is 6.07 Å². The van der Waals surface area contributed by atoms with Gasteiger partial charge >= 0.3 is 0 Å². The molecular weight excluding hydrogens is 339 g/mol. The fourth-order valence-corrected chi connectivity index (χ4v) is 3.34. The number of aliphatic hydroxyl groups is 1. The summed E-state index contributed by atoms with van der Waals surface area (Å²) in [6.07, 6.45) is 0.0712. The summed E-state index contributed by atoms with van der Waals surface area (Å²) in [6, 6.07) is 1.64. The van der Waals surface area contributed by atoms with E-state index in [1.54, 1.807) is 13.0 Å². The molecule has 1 amide bonds. The van der Waals surface area contributed by atoms with Crippen LogP contribution in [0.25, 0.3) is 10.9 Å². The molecule has 2 atom stereocenters. The Kier molecular flexibility index (Phi) is 4.45. The molecule has 3 rings (SSSR count). The topological polar surface area (TPSA) is 74.3 Å². The lowest BCUT2D eigenvalue weighted by molar-refractivity contribution is -0.121. The zero-order chi connectivity index (χ0) is 16.7. The van der Waals surface area contributed by atoms with E-state index in [2.05, 4.69) is 10.3 Å². The fourth-order valence-electron chi connectivity index (χ4n) is 2.95. The molecule has 0 saturated heterocycles. The fraction of sp³-hybridized carbons (Fsp3) is 0.438. The van der Waals surface area contributed by atoms with Crippen molar-refractivity contribution in [3.63, 3.8) is 0 Å². The molecule has 0 saturated carbocycles. The number of aliphatic hydroxyl groups excluding tert-OH is 1. The monoisotopic (exact) mass is 356 g/mol.